The van der Waals surface area contributed by atoms with Crippen LogP contribution in [0.25, 0.3) is 11.1 Å². The van der Waals surface area contributed by atoms with Gasteiger partial charge in [0.2, 0.25) is 0 Å². The Morgan fingerprint density at radius 2 is 1.56 bits per heavy atom. The van der Waals surface area contributed by atoms with E-state index in [9.17, 15) is 5.11 Å². The average molecular weight is 242 g/mol. The summed E-state index contributed by atoms with van der Waals surface area (Å²) in [6.07, 6.45) is 0. The summed E-state index contributed by atoms with van der Waals surface area (Å²) in [6.45, 7) is 6.74. The Morgan fingerprint density at radius 3 is 2.11 bits per heavy atom. The lowest BCUT2D eigenvalue weighted by Gasteiger charge is -2.11. The molecule has 2 aromatic carbocycles. The van der Waals surface area contributed by atoms with Gasteiger partial charge in [-0.2, -0.15) is 0 Å². The largest absolute Gasteiger partial charge is 0.508 e. The summed E-state index contributed by atoms with van der Waals surface area (Å²) in [5.74, 6) is 1.20. The summed E-state index contributed by atoms with van der Waals surface area (Å²) >= 11 is 0. The van der Waals surface area contributed by atoms with E-state index in [1.165, 1.54) is 11.1 Å². The van der Waals surface area contributed by atoms with E-state index in [4.69, 9.17) is 4.74 Å². The Morgan fingerprint density at radius 1 is 0.944 bits per heavy atom. The van der Waals surface area contributed by atoms with Crippen molar-refractivity contribution in [1.82, 2.24) is 0 Å². The van der Waals surface area contributed by atoms with Crippen LogP contribution in [0.3, 0.4) is 0 Å². The maximum Gasteiger partial charge on any atom is 0.119 e. The summed E-state index contributed by atoms with van der Waals surface area (Å²) in [6, 6.07) is 11.6. The lowest BCUT2D eigenvalue weighted by Crippen LogP contribution is -1.93. The van der Waals surface area contributed by atoms with Crippen LogP contribution < -0.4 is 4.74 Å². The first-order valence-electron chi connectivity index (χ1n) is 6.15. The van der Waals surface area contributed by atoms with Crippen LogP contribution in [0.4, 0.5) is 0 Å². The Kier molecular flexibility index (Phi) is 3.56. The fraction of sp³-hybridized carbons (Fsp3) is 0.250. The van der Waals surface area contributed by atoms with Crippen LogP contribution in [-0.2, 0) is 0 Å². The molecule has 2 nitrogen and oxygen atoms in total. The first kappa shape index (κ1) is 12.5. The van der Waals surface area contributed by atoms with E-state index in [2.05, 4.69) is 13.0 Å². The zero-order valence-corrected chi connectivity index (χ0v) is 11.0. The quantitative estimate of drug-likeness (QED) is 0.879. The predicted molar refractivity (Wildman–Crippen MR) is 74.2 cm³/mol. The molecular weight excluding hydrogens is 224 g/mol. The lowest BCUT2D eigenvalue weighted by atomic mass is 9.96. The number of benzene rings is 2. The first-order valence-corrected chi connectivity index (χ1v) is 6.15. The molecule has 2 aromatic rings. The third kappa shape index (κ3) is 2.48. The second kappa shape index (κ2) is 5.13. The monoisotopic (exact) mass is 242 g/mol. The number of phenolic OH excluding ortho intramolecular Hbond substituents is 1. The Hall–Kier alpha value is -1.96. The van der Waals surface area contributed by atoms with E-state index in [0.717, 1.165) is 16.9 Å². The van der Waals surface area contributed by atoms with Crippen molar-refractivity contribution in [3.05, 3.63) is 47.5 Å². The molecule has 2 heteroatoms. The number of phenols is 1. The van der Waals surface area contributed by atoms with E-state index in [-0.39, 0.29) is 0 Å². The van der Waals surface area contributed by atoms with Crippen molar-refractivity contribution in [2.75, 3.05) is 6.61 Å². The number of aromatic hydroxyl groups is 1. The molecule has 0 spiro atoms. The fourth-order valence-corrected chi connectivity index (χ4v) is 2.14. The molecule has 0 fully saturated rings. The highest BCUT2D eigenvalue weighted by molar-refractivity contribution is 5.71. The maximum atomic E-state index is 9.45. The normalized spacial score (nSPS) is 10.4. The molecule has 0 radical (unpaired) electrons. The molecule has 2 rings (SSSR count). The van der Waals surface area contributed by atoms with Crippen molar-refractivity contribution >= 4 is 0 Å². The molecule has 0 heterocycles. The van der Waals surface area contributed by atoms with Gasteiger partial charge in [-0.3, -0.25) is 0 Å². The van der Waals surface area contributed by atoms with Gasteiger partial charge in [-0.15, -0.1) is 0 Å². The molecule has 0 unspecified atom stereocenters. The third-order valence-electron chi connectivity index (χ3n) is 3.01. The van der Waals surface area contributed by atoms with Gasteiger partial charge in [0.15, 0.2) is 0 Å². The van der Waals surface area contributed by atoms with E-state index >= 15 is 0 Å². The molecule has 1 N–H and O–H groups in total. The first-order chi connectivity index (χ1) is 8.61. The average Bonchev–Trinajstić information content (AvgIpc) is 2.31. The van der Waals surface area contributed by atoms with Gasteiger partial charge in [0.1, 0.15) is 11.5 Å². The number of ether oxygens (including phenoxy) is 1. The van der Waals surface area contributed by atoms with Crippen LogP contribution in [-0.4, -0.2) is 11.7 Å². The van der Waals surface area contributed by atoms with Gasteiger partial charge in [0.05, 0.1) is 6.61 Å². The lowest BCUT2D eigenvalue weighted by molar-refractivity contribution is 0.340. The van der Waals surface area contributed by atoms with Crippen LogP contribution in [0, 0.1) is 13.8 Å². The molecule has 0 aliphatic rings. The summed E-state index contributed by atoms with van der Waals surface area (Å²) in [4.78, 5) is 0. The van der Waals surface area contributed by atoms with Crippen LogP contribution in [0.2, 0.25) is 0 Å². The van der Waals surface area contributed by atoms with Crippen molar-refractivity contribution in [2.24, 2.45) is 0 Å². The van der Waals surface area contributed by atoms with Gasteiger partial charge in [-0.05, 0) is 67.3 Å². The topological polar surface area (TPSA) is 29.5 Å². The minimum atomic E-state index is 0.305. The SMILES string of the molecule is CCOc1ccc(-c2ccc(O)cc2C)c(C)c1. The molecular formula is C16H18O2. The highest BCUT2D eigenvalue weighted by Gasteiger charge is 2.06. The van der Waals surface area contributed by atoms with E-state index in [1.807, 2.05) is 32.0 Å². The Balaban J connectivity index is 2.44. The van der Waals surface area contributed by atoms with E-state index in [0.29, 0.717) is 12.4 Å². The highest BCUT2D eigenvalue weighted by atomic mass is 16.5. The fourth-order valence-electron chi connectivity index (χ4n) is 2.14. The number of rotatable bonds is 3. The minimum Gasteiger partial charge on any atom is -0.508 e. The van der Waals surface area contributed by atoms with Gasteiger partial charge in [-0.25, -0.2) is 0 Å². The molecule has 0 amide bonds. The van der Waals surface area contributed by atoms with Crippen LogP contribution in [0.5, 0.6) is 11.5 Å². The van der Waals surface area contributed by atoms with Gasteiger partial charge in [0.25, 0.3) is 0 Å². The molecule has 0 atom stereocenters. The molecule has 18 heavy (non-hydrogen) atoms. The standard InChI is InChI=1S/C16H18O2/c1-4-18-14-6-8-16(12(3)10-14)15-7-5-13(17)9-11(15)2/h5-10,17H,4H2,1-3H3. The summed E-state index contributed by atoms with van der Waals surface area (Å²) in [5.41, 5.74) is 4.57. The smallest absolute Gasteiger partial charge is 0.119 e. The summed E-state index contributed by atoms with van der Waals surface area (Å²) < 4.78 is 5.49. The van der Waals surface area contributed by atoms with Crippen LogP contribution >= 0.6 is 0 Å². The van der Waals surface area contributed by atoms with Crippen molar-refractivity contribution in [2.45, 2.75) is 20.8 Å². The van der Waals surface area contributed by atoms with Crippen molar-refractivity contribution in [1.29, 1.82) is 0 Å². The molecule has 0 saturated heterocycles. The zero-order valence-electron chi connectivity index (χ0n) is 11.0. The van der Waals surface area contributed by atoms with Crippen LogP contribution in [0.15, 0.2) is 36.4 Å². The van der Waals surface area contributed by atoms with E-state index < -0.39 is 0 Å². The summed E-state index contributed by atoms with van der Waals surface area (Å²) in [7, 11) is 0. The van der Waals surface area contributed by atoms with Crippen molar-refractivity contribution < 1.29 is 9.84 Å². The Labute approximate surface area is 108 Å². The Bertz CT molecular complexity index is 559. The molecule has 94 valence electrons. The van der Waals surface area contributed by atoms with Crippen molar-refractivity contribution in [3.8, 4) is 22.6 Å². The maximum absolute atomic E-state index is 9.45. The molecule has 0 bridgehead atoms. The number of aryl methyl sites for hydroxylation is 2. The van der Waals surface area contributed by atoms with Gasteiger partial charge in [0, 0.05) is 0 Å². The van der Waals surface area contributed by atoms with Gasteiger partial charge in [-0.1, -0.05) is 12.1 Å². The van der Waals surface area contributed by atoms with E-state index in [1.54, 1.807) is 12.1 Å². The third-order valence-corrected chi connectivity index (χ3v) is 3.01. The molecule has 0 saturated carbocycles. The molecule has 0 aromatic heterocycles. The van der Waals surface area contributed by atoms with Crippen molar-refractivity contribution in [3.63, 3.8) is 0 Å². The highest BCUT2D eigenvalue weighted by Crippen LogP contribution is 2.30. The number of hydrogen-bond donors (Lipinski definition) is 1. The number of hydrogen-bond acceptors (Lipinski definition) is 2. The second-order valence-electron chi connectivity index (χ2n) is 4.41. The molecule has 0 aliphatic heterocycles. The van der Waals surface area contributed by atoms with Gasteiger partial charge < -0.3 is 9.84 Å². The second-order valence-corrected chi connectivity index (χ2v) is 4.41. The zero-order chi connectivity index (χ0) is 13.1. The van der Waals surface area contributed by atoms with Gasteiger partial charge >= 0.3 is 0 Å². The minimum absolute atomic E-state index is 0.305. The van der Waals surface area contributed by atoms with Crippen LogP contribution in [0.1, 0.15) is 18.1 Å². The summed E-state index contributed by atoms with van der Waals surface area (Å²) in [5, 5.41) is 9.45. The molecule has 0 aliphatic carbocycles. The predicted octanol–water partition coefficient (Wildman–Crippen LogP) is 4.07.